The zero-order chi connectivity index (χ0) is 8.55. The van der Waals surface area contributed by atoms with E-state index in [1.54, 1.807) is 12.1 Å². The second kappa shape index (κ2) is 2.55. The number of fused-ring (bicyclic) bond motifs is 1. The number of aromatic amines is 1. The Bertz CT molecular complexity index is 403. The maximum atomic E-state index is 9.18. The molecule has 1 radical (unpaired) electrons. The Labute approximate surface area is 70.8 Å². The van der Waals surface area contributed by atoms with Gasteiger partial charge in [0.1, 0.15) is 5.75 Å². The summed E-state index contributed by atoms with van der Waals surface area (Å²) in [5.74, 6) is 0.292. The van der Waals surface area contributed by atoms with Crippen LogP contribution in [0.5, 0.6) is 5.75 Å². The largest absolute Gasteiger partial charge is 0.508 e. The Morgan fingerprint density at radius 2 is 2.17 bits per heavy atom. The van der Waals surface area contributed by atoms with Crippen LogP contribution in [0.1, 0.15) is 5.69 Å². The predicted molar refractivity (Wildman–Crippen MR) is 49.0 cm³/mol. The van der Waals surface area contributed by atoms with Gasteiger partial charge in [-0.3, -0.25) is 0 Å². The van der Waals surface area contributed by atoms with Crippen LogP contribution in [-0.2, 0) is 6.42 Å². The number of H-pyrrole nitrogens is 1. The second-order valence-corrected chi connectivity index (χ2v) is 2.82. The van der Waals surface area contributed by atoms with Gasteiger partial charge >= 0.3 is 0 Å². The molecule has 0 aliphatic rings. The smallest absolute Gasteiger partial charge is 0.117 e. The molecule has 2 aromatic rings. The van der Waals surface area contributed by atoms with Crippen molar-refractivity contribution in [1.82, 2.24) is 4.98 Å². The number of phenols is 1. The van der Waals surface area contributed by atoms with Gasteiger partial charge in [0.2, 0.25) is 0 Å². The van der Waals surface area contributed by atoms with Crippen molar-refractivity contribution in [2.45, 2.75) is 6.42 Å². The Kier molecular flexibility index (Phi) is 1.54. The van der Waals surface area contributed by atoms with Gasteiger partial charge in [-0.1, -0.05) is 0 Å². The van der Waals surface area contributed by atoms with E-state index >= 15 is 0 Å². The summed E-state index contributed by atoms with van der Waals surface area (Å²) < 4.78 is 0. The van der Waals surface area contributed by atoms with Gasteiger partial charge in [0.15, 0.2) is 0 Å². The summed E-state index contributed by atoms with van der Waals surface area (Å²) in [5, 5.41) is 10.3. The van der Waals surface area contributed by atoms with Crippen molar-refractivity contribution >= 4 is 10.9 Å². The molecule has 0 saturated carbocycles. The molecule has 0 unspecified atom stereocenters. The molecule has 1 aromatic carbocycles. The van der Waals surface area contributed by atoms with Gasteiger partial charge in [-0.25, -0.2) is 0 Å². The minimum absolute atomic E-state index is 0.292. The van der Waals surface area contributed by atoms with Crippen LogP contribution in [0, 0.1) is 6.92 Å². The first-order valence-electron chi connectivity index (χ1n) is 3.89. The maximum Gasteiger partial charge on any atom is 0.117 e. The molecule has 2 nitrogen and oxygen atoms in total. The first kappa shape index (κ1) is 7.22. The van der Waals surface area contributed by atoms with E-state index in [9.17, 15) is 5.11 Å². The van der Waals surface area contributed by atoms with E-state index in [2.05, 4.69) is 11.9 Å². The zero-order valence-corrected chi connectivity index (χ0v) is 6.67. The highest BCUT2D eigenvalue weighted by molar-refractivity contribution is 5.81. The van der Waals surface area contributed by atoms with Crippen LogP contribution < -0.4 is 0 Å². The average Bonchev–Trinajstić information content (AvgIpc) is 2.46. The molecular formula is C10H10NO. The van der Waals surface area contributed by atoms with Gasteiger partial charge in [-0.15, -0.1) is 0 Å². The van der Waals surface area contributed by atoms with Crippen molar-refractivity contribution in [3.8, 4) is 5.75 Å². The molecule has 1 heterocycles. The fourth-order valence-electron chi connectivity index (χ4n) is 1.31. The van der Waals surface area contributed by atoms with Crippen LogP contribution >= 0.6 is 0 Å². The third-order valence-electron chi connectivity index (χ3n) is 1.93. The molecule has 0 aliphatic carbocycles. The van der Waals surface area contributed by atoms with Crippen LogP contribution in [0.3, 0.4) is 0 Å². The average molecular weight is 160 g/mol. The monoisotopic (exact) mass is 160 g/mol. The Morgan fingerprint density at radius 3 is 2.92 bits per heavy atom. The molecule has 0 amide bonds. The molecule has 1 aromatic heterocycles. The van der Waals surface area contributed by atoms with E-state index in [0.29, 0.717) is 5.75 Å². The molecule has 0 saturated heterocycles. The van der Waals surface area contributed by atoms with Crippen molar-refractivity contribution in [1.29, 1.82) is 0 Å². The predicted octanol–water partition coefficient (Wildman–Crippen LogP) is 2.25. The molecule has 0 aliphatic heterocycles. The summed E-state index contributed by atoms with van der Waals surface area (Å²) in [4.78, 5) is 3.16. The van der Waals surface area contributed by atoms with Crippen molar-refractivity contribution in [2.24, 2.45) is 0 Å². The molecule has 61 valence electrons. The summed E-state index contributed by atoms with van der Waals surface area (Å²) in [6, 6.07) is 7.33. The maximum absolute atomic E-state index is 9.18. The highest BCUT2D eigenvalue weighted by atomic mass is 16.3. The molecule has 12 heavy (non-hydrogen) atoms. The van der Waals surface area contributed by atoms with Gasteiger partial charge in [-0.2, -0.15) is 0 Å². The number of aromatic nitrogens is 1. The van der Waals surface area contributed by atoms with Crippen LogP contribution in [0.4, 0.5) is 0 Å². The van der Waals surface area contributed by atoms with Crippen molar-refractivity contribution in [2.75, 3.05) is 0 Å². The summed E-state index contributed by atoms with van der Waals surface area (Å²) >= 11 is 0. The van der Waals surface area contributed by atoms with Crippen LogP contribution in [-0.4, -0.2) is 10.1 Å². The molecule has 2 rings (SSSR count). The van der Waals surface area contributed by atoms with Crippen molar-refractivity contribution in [3.05, 3.63) is 36.9 Å². The minimum Gasteiger partial charge on any atom is -0.508 e. The van der Waals surface area contributed by atoms with Crippen molar-refractivity contribution in [3.63, 3.8) is 0 Å². The molecular weight excluding hydrogens is 150 g/mol. The number of benzene rings is 1. The lowest BCUT2D eigenvalue weighted by molar-refractivity contribution is 0.476. The Morgan fingerprint density at radius 1 is 1.33 bits per heavy atom. The van der Waals surface area contributed by atoms with Gasteiger partial charge in [0.25, 0.3) is 0 Å². The fraction of sp³-hybridized carbons (Fsp3) is 0.100. The molecule has 0 fully saturated rings. The van der Waals surface area contributed by atoms with Crippen LogP contribution in [0.25, 0.3) is 10.9 Å². The third-order valence-corrected chi connectivity index (χ3v) is 1.93. The summed E-state index contributed by atoms with van der Waals surface area (Å²) in [6.07, 6.45) is 0.745. The first-order chi connectivity index (χ1) is 5.79. The molecule has 2 heteroatoms. The number of nitrogens with one attached hydrogen (secondary N) is 1. The lowest BCUT2D eigenvalue weighted by Crippen LogP contribution is -1.75. The van der Waals surface area contributed by atoms with Crippen LogP contribution in [0.15, 0.2) is 24.3 Å². The van der Waals surface area contributed by atoms with Gasteiger partial charge in [0.05, 0.1) is 0 Å². The highest BCUT2D eigenvalue weighted by Gasteiger charge is 1.98. The van der Waals surface area contributed by atoms with Crippen LogP contribution in [0.2, 0.25) is 0 Å². The van der Waals surface area contributed by atoms with E-state index in [4.69, 9.17) is 0 Å². The number of phenolic OH excluding ortho intramolecular Hbond substituents is 1. The fourth-order valence-corrected chi connectivity index (χ4v) is 1.31. The lowest BCUT2D eigenvalue weighted by Gasteiger charge is -1.90. The number of hydrogen-bond acceptors (Lipinski definition) is 1. The molecule has 0 spiro atoms. The number of hydrogen-bond donors (Lipinski definition) is 2. The quantitative estimate of drug-likeness (QED) is 0.659. The SMILES string of the molecule is [CH2]Cc1cc2ccc(O)cc2[nH]1. The number of rotatable bonds is 1. The lowest BCUT2D eigenvalue weighted by atomic mass is 10.2. The topological polar surface area (TPSA) is 36.0 Å². The molecule has 0 atom stereocenters. The van der Waals surface area contributed by atoms with Gasteiger partial charge < -0.3 is 10.1 Å². The van der Waals surface area contributed by atoms with E-state index < -0.39 is 0 Å². The summed E-state index contributed by atoms with van der Waals surface area (Å²) in [6.45, 7) is 3.78. The minimum atomic E-state index is 0.292. The van der Waals surface area contributed by atoms with Gasteiger partial charge in [-0.05, 0) is 36.9 Å². The van der Waals surface area contributed by atoms with E-state index in [0.717, 1.165) is 23.0 Å². The van der Waals surface area contributed by atoms with E-state index in [-0.39, 0.29) is 0 Å². The Balaban J connectivity index is 2.67. The summed E-state index contributed by atoms with van der Waals surface area (Å²) in [7, 11) is 0. The highest BCUT2D eigenvalue weighted by Crippen LogP contribution is 2.20. The molecule has 0 bridgehead atoms. The normalized spacial score (nSPS) is 10.8. The zero-order valence-electron chi connectivity index (χ0n) is 6.67. The number of aromatic hydroxyl groups is 1. The standard InChI is InChI=1S/C10H10NO/c1-2-8-5-7-3-4-9(12)6-10(7)11-8/h3-6,11-12H,1-2H2. The third kappa shape index (κ3) is 1.05. The Hall–Kier alpha value is -1.44. The molecule has 2 N–H and O–H groups in total. The van der Waals surface area contributed by atoms with Crippen molar-refractivity contribution < 1.29 is 5.11 Å². The van der Waals surface area contributed by atoms with E-state index in [1.165, 1.54) is 0 Å². The second-order valence-electron chi connectivity index (χ2n) is 2.82. The summed E-state index contributed by atoms with van der Waals surface area (Å²) in [5.41, 5.74) is 2.06. The van der Waals surface area contributed by atoms with E-state index in [1.807, 2.05) is 12.1 Å². The van der Waals surface area contributed by atoms with Gasteiger partial charge in [0, 0.05) is 17.3 Å². The first-order valence-corrected chi connectivity index (χ1v) is 3.89.